The minimum atomic E-state index is 0.0594. The maximum atomic E-state index is 12.7. The summed E-state index contributed by atoms with van der Waals surface area (Å²) in [5.74, 6) is 0.727. The Bertz CT molecular complexity index is 742. The molecular weight excluding hydrogens is 274 g/mol. The van der Waals surface area contributed by atoms with E-state index < -0.39 is 0 Å². The average molecular weight is 299 g/mol. The smallest absolute Gasteiger partial charge is 0.262 e. The first-order valence-electron chi connectivity index (χ1n) is 8.08. The van der Waals surface area contributed by atoms with Crippen LogP contribution in [0.5, 0.6) is 0 Å². The molecule has 1 saturated heterocycles. The Morgan fingerprint density at radius 2 is 2.14 bits per heavy atom. The molecule has 1 aliphatic rings. The molecule has 22 heavy (non-hydrogen) atoms. The van der Waals surface area contributed by atoms with E-state index >= 15 is 0 Å². The van der Waals surface area contributed by atoms with Crippen molar-refractivity contribution in [1.82, 2.24) is 14.3 Å². The van der Waals surface area contributed by atoms with E-state index in [0.29, 0.717) is 6.54 Å². The highest BCUT2D eigenvalue weighted by Gasteiger charge is 2.20. The number of hydrogen-bond acceptors (Lipinski definition) is 3. The van der Waals surface area contributed by atoms with Crippen molar-refractivity contribution < 1.29 is 0 Å². The van der Waals surface area contributed by atoms with Gasteiger partial charge in [0.2, 0.25) is 0 Å². The lowest BCUT2D eigenvalue weighted by atomic mass is 9.88. The molecule has 1 atom stereocenters. The number of hydrogen-bond donors (Lipinski definition) is 0. The van der Waals surface area contributed by atoms with Gasteiger partial charge in [0.1, 0.15) is 5.65 Å². The number of rotatable bonds is 2. The second-order valence-corrected chi connectivity index (χ2v) is 7.61. The van der Waals surface area contributed by atoms with E-state index in [1.54, 1.807) is 10.6 Å². The minimum absolute atomic E-state index is 0.0594. The molecule has 4 nitrogen and oxygen atoms in total. The lowest BCUT2D eigenvalue weighted by molar-refractivity contribution is 0.318. The zero-order valence-electron chi connectivity index (χ0n) is 14.0. The molecule has 118 valence electrons. The maximum absolute atomic E-state index is 12.7. The van der Waals surface area contributed by atoms with Crippen LogP contribution in [0.1, 0.15) is 45.2 Å². The molecule has 0 unspecified atom stereocenters. The average Bonchev–Trinajstić information content (AvgIpc) is 2.86. The zero-order valence-corrected chi connectivity index (χ0v) is 14.0. The largest absolute Gasteiger partial charge is 0.299 e. The molecule has 0 saturated carbocycles. The Kier molecular flexibility index (Phi) is 3.81. The first kappa shape index (κ1) is 15.2. The normalized spacial score (nSPS) is 19.9. The predicted octanol–water partition coefficient (Wildman–Crippen LogP) is 2.83. The quantitative estimate of drug-likeness (QED) is 0.856. The molecule has 2 aromatic heterocycles. The number of likely N-dealkylation sites (tertiary alicyclic amines) is 1. The van der Waals surface area contributed by atoms with Gasteiger partial charge in [0.05, 0.1) is 5.56 Å². The second-order valence-electron chi connectivity index (χ2n) is 7.61. The van der Waals surface area contributed by atoms with Gasteiger partial charge < -0.3 is 0 Å². The molecule has 1 aliphatic heterocycles. The number of nitrogens with zero attached hydrogens (tertiary/aromatic N) is 3. The van der Waals surface area contributed by atoms with Crippen LogP contribution < -0.4 is 5.56 Å². The SMILES string of the molecule is C[C@@H]1CCN(Cc2cnc3cc(C(C)(C)C)ccn3c2=O)C1. The van der Waals surface area contributed by atoms with Crippen LogP contribution in [0.2, 0.25) is 0 Å². The summed E-state index contributed by atoms with van der Waals surface area (Å²) in [6.07, 6.45) is 4.84. The van der Waals surface area contributed by atoms with Crippen molar-refractivity contribution >= 4 is 5.65 Å². The van der Waals surface area contributed by atoms with E-state index in [1.807, 2.05) is 18.3 Å². The summed E-state index contributed by atoms with van der Waals surface area (Å²) in [5.41, 5.74) is 2.83. The van der Waals surface area contributed by atoms with Crippen molar-refractivity contribution in [3.05, 3.63) is 46.0 Å². The van der Waals surface area contributed by atoms with Crippen molar-refractivity contribution in [3.8, 4) is 0 Å². The van der Waals surface area contributed by atoms with Gasteiger partial charge in [-0.2, -0.15) is 0 Å². The van der Waals surface area contributed by atoms with Crippen molar-refractivity contribution in [2.24, 2.45) is 5.92 Å². The monoisotopic (exact) mass is 299 g/mol. The Morgan fingerprint density at radius 1 is 1.36 bits per heavy atom. The van der Waals surface area contributed by atoms with Crippen LogP contribution in [0.4, 0.5) is 0 Å². The fourth-order valence-electron chi connectivity index (χ4n) is 3.10. The van der Waals surface area contributed by atoms with Gasteiger partial charge in [0, 0.05) is 25.5 Å². The van der Waals surface area contributed by atoms with Crippen LogP contribution in [0, 0.1) is 5.92 Å². The summed E-state index contributed by atoms with van der Waals surface area (Å²) < 4.78 is 1.67. The molecule has 0 aromatic carbocycles. The van der Waals surface area contributed by atoms with E-state index in [-0.39, 0.29) is 11.0 Å². The van der Waals surface area contributed by atoms with Crippen LogP contribution in [0.3, 0.4) is 0 Å². The fraction of sp³-hybridized carbons (Fsp3) is 0.556. The first-order valence-corrected chi connectivity index (χ1v) is 8.08. The summed E-state index contributed by atoms with van der Waals surface area (Å²) in [5, 5.41) is 0. The maximum Gasteiger partial charge on any atom is 0.262 e. The molecule has 4 heteroatoms. The molecule has 1 fully saturated rings. The molecule has 0 bridgehead atoms. The van der Waals surface area contributed by atoms with Gasteiger partial charge in [-0.25, -0.2) is 4.98 Å². The number of fused-ring (bicyclic) bond motifs is 1. The molecule has 2 aromatic rings. The van der Waals surface area contributed by atoms with Gasteiger partial charge in [-0.15, -0.1) is 0 Å². The predicted molar refractivity (Wildman–Crippen MR) is 89.2 cm³/mol. The van der Waals surface area contributed by atoms with Gasteiger partial charge in [-0.3, -0.25) is 14.1 Å². The van der Waals surface area contributed by atoms with Crippen LogP contribution in [0.15, 0.2) is 29.3 Å². The van der Waals surface area contributed by atoms with Crippen molar-refractivity contribution in [1.29, 1.82) is 0 Å². The standard InChI is InChI=1S/C18H25N3O/c1-13-5-7-20(11-13)12-14-10-19-16-9-15(18(2,3)4)6-8-21(16)17(14)22/h6,8-10,13H,5,7,11-12H2,1-4H3/t13-/m1/s1. The third kappa shape index (κ3) is 2.93. The molecule has 0 amide bonds. The minimum Gasteiger partial charge on any atom is -0.299 e. The lowest BCUT2D eigenvalue weighted by Crippen LogP contribution is -2.27. The lowest BCUT2D eigenvalue weighted by Gasteiger charge is -2.19. The molecule has 3 heterocycles. The summed E-state index contributed by atoms with van der Waals surface area (Å²) in [6.45, 7) is 11.6. The summed E-state index contributed by atoms with van der Waals surface area (Å²) in [4.78, 5) is 19.5. The summed E-state index contributed by atoms with van der Waals surface area (Å²) in [6, 6.07) is 4.04. The van der Waals surface area contributed by atoms with Crippen LogP contribution in [0.25, 0.3) is 5.65 Å². The van der Waals surface area contributed by atoms with Crippen molar-refractivity contribution in [2.45, 2.75) is 46.1 Å². The van der Waals surface area contributed by atoms with Crippen LogP contribution >= 0.6 is 0 Å². The highest BCUT2D eigenvalue weighted by atomic mass is 16.1. The summed E-state index contributed by atoms with van der Waals surface area (Å²) in [7, 11) is 0. The van der Waals surface area contributed by atoms with E-state index in [4.69, 9.17) is 0 Å². The van der Waals surface area contributed by atoms with Crippen LogP contribution in [-0.2, 0) is 12.0 Å². The highest BCUT2D eigenvalue weighted by Crippen LogP contribution is 2.22. The Morgan fingerprint density at radius 3 is 2.77 bits per heavy atom. The third-order valence-corrected chi connectivity index (χ3v) is 4.55. The summed E-state index contributed by atoms with van der Waals surface area (Å²) >= 11 is 0. The highest BCUT2D eigenvalue weighted by molar-refractivity contribution is 5.43. The van der Waals surface area contributed by atoms with Gasteiger partial charge in [-0.05, 0) is 42.0 Å². The van der Waals surface area contributed by atoms with Gasteiger partial charge in [0.25, 0.3) is 5.56 Å². The molecule has 0 radical (unpaired) electrons. The molecule has 3 rings (SSSR count). The molecule has 0 N–H and O–H groups in total. The van der Waals surface area contributed by atoms with Crippen LogP contribution in [-0.4, -0.2) is 27.4 Å². The fourth-order valence-corrected chi connectivity index (χ4v) is 3.10. The van der Waals surface area contributed by atoms with E-state index in [9.17, 15) is 4.79 Å². The zero-order chi connectivity index (χ0) is 15.9. The third-order valence-electron chi connectivity index (χ3n) is 4.55. The molecule has 0 spiro atoms. The first-order chi connectivity index (χ1) is 10.3. The molecular formula is C18H25N3O. The second kappa shape index (κ2) is 5.51. The Hall–Kier alpha value is -1.68. The molecule has 0 aliphatic carbocycles. The van der Waals surface area contributed by atoms with Gasteiger partial charge >= 0.3 is 0 Å². The number of pyridine rings is 1. The Labute approximate surface area is 131 Å². The van der Waals surface area contributed by atoms with Gasteiger partial charge in [0.15, 0.2) is 0 Å². The Balaban J connectivity index is 1.94. The van der Waals surface area contributed by atoms with Crippen molar-refractivity contribution in [2.75, 3.05) is 13.1 Å². The van der Waals surface area contributed by atoms with E-state index in [0.717, 1.165) is 30.2 Å². The number of aromatic nitrogens is 2. The topological polar surface area (TPSA) is 37.6 Å². The van der Waals surface area contributed by atoms with Crippen molar-refractivity contribution in [3.63, 3.8) is 0 Å². The van der Waals surface area contributed by atoms with E-state index in [2.05, 4.69) is 37.6 Å². The van der Waals surface area contributed by atoms with Gasteiger partial charge in [-0.1, -0.05) is 27.7 Å². The van der Waals surface area contributed by atoms with E-state index in [1.165, 1.54) is 12.0 Å².